The van der Waals surface area contributed by atoms with Crippen LogP contribution >= 0.6 is 0 Å². The molecule has 0 spiro atoms. The summed E-state index contributed by atoms with van der Waals surface area (Å²) in [5.41, 5.74) is 2.84. The third-order valence-corrected chi connectivity index (χ3v) is 5.61. The number of benzene rings is 1. The summed E-state index contributed by atoms with van der Waals surface area (Å²) < 4.78 is 31.5. The van der Waals surface area contributed by atoms with Gasteiger partial charge in [-0.3, -0.25) is 4.99 Å². The second kappa shape index (κ2) is 9.52. The van der Waals surface area contributed by atoms with E-state index in [-0.39, 0.29) is 4.90 Å². The number of guanidine groups is 1. The first-order valence-electron chi connectivity index (χ1n) is 8.88. The lowest BCUT2D eigenvalue weighted by atomic mass is 10.1. The van der Waals surface area contributed by atoms with Gasteiger partial charge >= 0.3 is 0 Å². The Bertz CT molecular complexity index is 869. The molecule has 2 rings (SSSR count). The van der Waals surface area contributed by atoms with Gasteiger partial charge in [-0.05, 0) is 31.2 Å². The van der Waals surface area contributed by atoms with Crippen LogP contribution in [0.5, 0.6) is 0 Å². The quantitative estimate of drug-likeness (QED) is 0.464. The molecule has 0 bridgehead atoms. The maximum atomic E-state index is 11.9. The number of aryl methyl sites for hydroxylation is 2. The Hall–Kier alpha value is -2.39. The number of aliphatic imine (C=N–C) groups is 1. The number of hydrogen-bond donors (Lipinski definition) is 3. The van der Waals surface area contributed by atoms with Crippen LogP contribution in [0.1, 0.15) is 36.4 Å². The van der Waals surface area contributed by atoms with Crippen LogP contribution in [0.4, 0.5) is 0 Å². The maximum absolute atomic E-state index is 11.9. The van der Waals surface area contributed by atoms with E-state index in [9.17, 15) is 8.42 Å². The van der Waals surface area contributed by atoms with Crippen molar-refractivity contribution >= 4 is 16.0 Å². The monoisotopic (exact) mass is 393 g/mol. The third kappa shape index (κ3) is 5.30. The van der Waals surface area contributed by atoms with Crippen LogP contribution in [0, 0.1) is 0 Å². The van der Waals surface area contributed by atoms with Gasteiger partial charge in [0.2, 0.25) is 10.0 Å². The Labute approximate surface area is 160 Å². The molecule has 0 unspecified atom stereocenters. The van der Waals surface area contributed by atoms with Crippen molar-refractivity contribution in [2.45, 2.75) is 44.7 Å². The molecule has 1 heterocycles. The van der Waals surface area contributed by atoms with E-state index in [0.717, 1.165) is 35.4 Å². The van der Waals surface area contributed by atoms with E-state index < -0.39 is 10.0 Å². The highest BCUT2D eigenvalue weighted by molar-refractivity contribution is 7.89. The Morgan fingerprint density at radius 1 is 1.19 bits per heavy atom. The molecule has 0 saturated carbocycles. The van der Waals surface area contributed by atoms with Crippen LogP contribution in [0.2, 0.25) is 0 Å². The molecule has 148 valence electrons. The lowest BCUT2D eigenvalue weighted by Crippen LogP contribution is -2.36. The van der Waals surface area contributed by atoms with Gasteiger partial charge in [0.15, 0.2) is 5.96 Å². The summed E-state index contributed by atoms with van der Waals surface area (Å²) in [5, 5.41) is 10.6. The summed E-state index contributed by atoms with van der Waals surface area (Å²) >= 11 is 0. The average Bonchev–Trinajstić information content (AvgIpc) is 3.10. The van der Waals surface area contributed by atoms with Crippen molar-refractivity contribution in [3.05, 3.63) is 46.8 Å². The topological polar surface area (TPSA) is 109 Å². The Morgan fingerprint density at radius 3 is 2.56 bits per heavy atom. The summed E-state index contributed by atoms with van der Waals surface area (Å²) in [5.74, 6) is 1.49. The first-order chi connectivity index (χ1) is 12.9. The van der Waals surface area contributed by atoms with Crippen molar-refractivity contribution in [1.29, 1.82) is 0 Å². The highest BCUT2D eigenvalue weighted by Gasteiger charge is 2.14. The van der Waals surface area contributed by atoms with E-state index in [1.807, 2.05) is 19.9 Å². The molecule has 8 nitrogen and oxygen atoms in total. The zero-order chi connectivity index (χ0) is 19.9. The van der Waals surface area contributed by atoms with Gasteiger partial charge < -0.3 is 15.2 Å². The van der Waals surface area contributed by atoms with Crippen LogP contribution in [-0.4, -0.2) is 33.6 Å². The molecule has 1 aromatic carbocycles. The van der Waals surface area contributed by atoms with Gasteiger partial charge in [0.1, 0.15) is 5.76 Å². The van der Waals surface area contributed by atoms with Gasteiger partial charge in [-0.2, -0.15) is 0 Å². The smallest absolute Gasteiger partial charge is 0.240 e. The van der Waals surface area contributed by atoms with E-state index in [4.69, 9.17) is 4.52 Å². The molecule has 1 aromatic heterocycles. The SMILES string of the molecule is CCc1noc(CC)c1CNC(=NC)NCc1cccc(S(=O)(=O)NC)c1. The fourth-order valence-corrected chi connectivity index (χ4v) is 3.46. The van der Waals surface area contributed by atoms with E-state index in [1.165, 1.54) is 7.05 Å². The molecule has 0 aliphatic rings. The van der Waals surface area contributed by atoms with Gasteiger partial charge in [0, 0.05) is 32.1 Å². The van der Waals surface area contributed by atoms with Crippen LogP contribution in [0.25, 0.3) is 0 Å². The molecule has 0 radical (unpaired) electrons. The first-order valence-corrected chi connectivity index (χ1v) is 10.4. The zero-order valence-electron chi connectivity index (χ0n) is 16.2. The van der Waals surface area contributed by atoms with E-state index in [1.54, 1.807) is 25.2 Å². The highest BCUT2D eigenvalue weighted by Crippen LogP contribution is 2.15. The molecule has 9 heteroatoms. The fourth-order valence-electron chi connectivity index (χ4n) is 2.66. The van der Waals surface area contributed by atoms with Crippen LogP contribution < -0.4 is 15.4 Å². The van der Waals surface area contributed by atoms with Crippen molar-refractivity contribution in [3.8, 4) is 0 Å². The molecular weight excluding hydrogens is 366 g/mol. The summed E-state index contributed by atoms with van der Waals surface area (Å²) in [4.78, 5) is 4.45. The molecule has 0 atom stereocenters. The fraction of sp³-hybridized carbons (Fsp3) is 0.444. The third-order valence-electron chi connectivity index (χ3n) is 4.20. The summed E-state index contributed by atoms with van der Waals surface area (Å²) in [6.07, 6.45) is 1.59. The highest BCUT2D eigenvalue weighted by atomic mass is 32.2. The van der Waals surface area contributed by atoms with Gasteiger partial charge in [-0.1, -0.05) is 31.1 Å². The Balaban J connectivity index is 2.01. The van der Waals surface area contributed by atoms with Gasteiger partial charge in [-0.25, -0.2) is 13.1 Å². The van der Waals surface area contributed by atoms with E-state index >= 15 is 0 Å². The van der Waals surface area contributed by atoms with Crippen LogP contribution in [0.15, 0.2) is 38.7 Å². The Morgan fingerprint density at radius 2 is 1.93 bits per heavy atom. The summed E-state index contributed by atoms with van der Waals surface area (Å²) in [6.45, 7) is 5.07. The lowest BCUT2D eigenvalue weighted by Gasteiger charge is -2.13. The number of hydrogen-bond acceptors (Lipinski definition) is 5. The molecule has 0 amide bonds. The van der Waals surface area contributed by atoms with Gasteiger partial charge in [0.25, 0.3) is 0 Å². The molecule has 3 N–H and O–H groups in total. The largest absolute Gasteiger partial charge is 0.361 e. The number of sulfonamides is 1. The van der Waals surface area contributed by atoms with Crippen LogP contribution in [0.3, 0.4) is 0 Å². The van der Waals surface area contributed by atoms with Crippen molar-refractivity contribution < 1.29 is 12.9 Å². The second-order valence-electron chi connectivity index (χ2n) is 5.87. The molecule has 0 fully saturated rings. The minimum Gasteiger partial charge on any atom is -0.361 e. The summed E-state index contributed by atoms with van der Waals surface area (Å²) in [6, 6.07) is 6.78. The van der Waals surface area contributed by atoms with Crippen molar-refractivity contribution in [1.82, 2.24) is 20.5 Å². The van der Waals surface area contributed by atoms with Gasteiger partial charge in [0.05, 0.1) is 10.6 Å². The standard InChI is InChI=1S/C18H27N5O3S/c1-5-16-15(17(6-2)26-23-16)12-22-18(19-3)21-11-13-8-7-9-14(10-13)27(24,25)20-4/h7-10,20H,5-6,11-12H2,1-4H3,(H2,19,21,22). The molecule has 0 aliphatic heterocycles. The molecule has 27 heavy (non-hydrogen) atoms. The zero-order valence-corrected chi connectivity index (χ0v) is 17.0. The molecular formula is C18H27N5O3S. The number of nitrogens with zero attached hydrogens (tertiary/aromatic N) is 2. The number of rotatable bonds is 8. The van der Waals surface area contributed by atoms with Crippen molar-refractivity contribution in [3.63, 3.8) is 0 Å². The molecule has 2 aromatic rings. The second-order valence-corrected chi connectivity index (χ2v) is 7.76. The van der Waals surface area contributed by atoms with Crippen molar-refractivity contribution in [2.24, 2.45) is 4.99 Å². The number of aromatic nitrogens is 1. The predicted molar refractivity (Wildman–Crippen MR) is 105 cm³/mol. The minimum atomic E-state index is -3.46. The molecule has 0 saturated heterocycles. The predicted octanol–water partition coefficient (Wildman–Crippen LogP) is 1.57. The average molecular weight is 394 g/mol. The van der Waals surface area contributed by atoms with Crippen LogP contribution in [-0.2, 0) is 36.0 Å². The lowest BCUT2D eigenvalue weighted by molar-refractivity contribution is 0.380. The maximum Gasteiger partial charge on any atom is 0.240 e. The minimum absolute atomic E-state index is 0.233. The first kappa shape index (κ1) is 20.9. The Kier molecular flexibility index (Phi) is 7.37. The van der Waals surface area contributed by atoms with Crippen molar-refractivity contribution in [2.75, 3.05) is 14.1 Å². The van der Waals surface area contributed by atoms with E-state index in [2.05, 4.69) is 25.5 Å². The van der Waals surface area contributed by atoms with E-state index in [0.29, 0.717) is 19.0 Å². The molecule has 0 aliphatic carbocycles. The number of nitrogens with one attached hydrogen (secondary N) is 3. The normalized spacial score (nSPS) is 12.2. The summed E-state index contributed by atoms with van der Waals surface area (Å²) in [7, 11) is -0.380. The van der Waals surface area contributed by atoms with Gasteiger partial charge in [-0.15, -0.1) is 0 Å².